The summed E-state index contributed by atoms with van der Waals surface area (Å²) < 4.78 is 5.00. The molecule has 2 heterocycles. The zero-order valence-corrected chi connectivity index (χ0v) is 9.97. The van der Waals surface area contributed by atoms with Crippen LogP contribution in [0.2, 0.25) is 0 Å². The number of ether oxygens (including phenoxy) is 1. The second-order valence-electron chi connectivity index (χ2n) is 3.78. The van der Waals surface area contributed by atoms with Crippen molar-refractivity contribution in [3.8, 4) is 5.88 Å². The minimum absolute atomic E-state index is 0.627. The number of aryl methyl sites for hydroxylation is 1. The number of hydrogen-bond acceptors (Lipinski definition) is 4. The molecule has 0 saturated carbocycles. The molecule has 0 unspecified atom stereocenters. The van der Waals surface area contributed by atoms with Gasteiger partial charge in [-0.25, -0.2) is 9.97 Å². The molecule has 4 nitrogen and oxygen atoms in total. The molecule has 0 saturated heterocycles. The molecule has 0 bridgehead atoms. The van der Waals surface area contributed by atoms with Gasteiger partial charge >= 0.3 is 0 Å². The standard InChI is InChI=1S/C13H15N3O/c1-10-5-6-14-12(7-10)15-8-11-3-4-13(17-2)16-9-11/h3-7,9H,8H2,1-2H3,(H,14,15). The highest BCUT2D eigenvalue weighted by atomic mass is 16.5. The second-order valence-corrected chi connectivity index (χ2v) is 3.78. The molecule has 0 spiro atoms. The van der Waals surface area contributed by atoms with E-state index in [1.165, 1.54) is 5.56 Å². The number of methoxy groups -OCH3 is 1. The molecule has 0 radical (unpaired) electrons. The molecule has 0 aliphatic heterocycles. The maximum atomic E-state index is 5.00. The molecular weight excluding hydrogens is 214 g/mol. The average molecular weight is 229 g/mol. The summed E-state index contributed by atoms with van der Waals surface area (Å²) in [4.78, 5) is 8.38. The second kappa shape index (κ2) is 5.30. The van der Waals surface area contributed by atoms with Gasteiger partial charge in [0.1, 0.15) is 5.82 Å². The Kier molecular flexibility index (Phi) is 3.55. The van der Waals surface area contributed by atoms with E-state index in [0.29, 0.717) is 12.4 Å². The molecule has 0 aliphatic carbocycles. The Morgan fingerprint density at radius 2 is 2.12 bits per heavy atom. The predicted molar refractivity (Wildman–Crippen MR) is 67.1 cm³/mol. The van der Waals surface area contributed by atoms with Gasteiger partial charge < -0.3 is 10.1 Å². The third kappa shape index (κ3) is 3.17. The van der Waals surface area contributed by atoms with E-state index in [2.05, 4.69) is 15.3 Å². The third-order valence-corrected chi connectivity index (χ3v) is 2.40. The van der Waals surface area contributed by atoms with Crippen LogP contribution in [0.4, 0.5) is 5.82 Å². The lowest BCUT2D eigenvalue weighted by Crippen LogP contribution is -2.02. The molecule has 0 atom stereocenters. The van der Waals surface area contributed by atoms with E-state index in [0.717, 1.165) is 11.4 Å². The highest BCUT2D eigenvalue weighted by molar-refractivity contribution is 5.37. The van der Waals surface area contributed by atoms with Gasteiger partial charge in [0.05, 0.1) is 7.11 Å². The van der Waals surface area contributed by atoms with Crippen molar-refractivity contribution in [1.82, 2.24) is 9.97 Å². The van der Waals surface area contributed by atoms with Gasteiger partial charge in [-0.05, 0) is 30.2 Å². The monoisotopic (exact) mass is 229 g/mol. The largest absolute Gasteiger partial charge is 0.481 e. The highest BCUT2D eigenvalue weighted by Crippen LogP contribution is 2.10. The van der Waals surface area contributed by atoms with Crippen LogP contribution >= 0.6 is 0 Å². The van der Waals surface area contributed by atoms with E-state index >= 15 is 0 Å². The summed E-state index contributed by atoms with van der Waals surface area (Å²) in [6.07, 6.45) is 3.59. The highest BCUT2D eigenvalue weighted by Gasteiger charge is 1.97. The van der Waals surface area contributed by atoms with Crippen molar-refractivity contribution in [1.29, 1.82) is 0 Å². The number of nitrogens with zero attached hydrogens (tertiary/aromatic N) is 2. The molecule has 88 valence electrons. The summed E-state index contributed by atoms with van der Waals surface area (Å²) in [6, 6.07) is 7.81. The average Bonchev–Trinajstić information content (AvgIpc) is 2.37. The quantitative estimate of drug-likeness (QED) is 0.874. The lowest BCUT2D eigenvalue weighted by atomic mass is 10.2. The Morgan fingerprint density at radius 1 is 1.24 bits per heavy atom. The Morgan fingerprint density at radius 3 is 2.76 bits per heavy atom. The normalized spacial score (nSPS) is 10.0. The minimum Gasteiger partial charge on any atom is -0.481 e. The molecule has 4 heteroatoms. The van der Waals surface area contributed by atoms with Gasteiger partial charge in [0.2, 0.25) is 5.88 Å². The molecule has 17 heavy (non-hydrogen) atoms. The first-order valence-corrected chi connectivity index (χ1v) is 5.43. The Bertz CT molecular complexity index is 482. The first-order chi connectivity index (χ1) is 8.28. The van der Waals surface area contributed by atoms with E-state index in [-0.39, 0.29) is 0 Å². The van der Waals surface area contributed by atoms with Gasteiger partial charge in [0.15, 0.2) is 0 Å². The van der Waals surface area contributed by atoms with Crippen LogP contribution in [0.25, 0.3) is 0 Å². The zero-order valence-electron chi connectivity index (χ0n) is 9.97. The molecule has 2 aromatic rings. The summed E-state index contributed by atoms with van der Waals surface area (Å²) in [6.45, 7) is 2.75. The first kappa shape index (κ1) is 11.4. The van der Waals surface area contributed by atoms with Crippen molar-refractivity contribution < 1.29 is 4.74 Å². The van der Waals surface area contributed by atoms with Crippen molar-refractivity contribution in [3.63, 3.8) is 0 Å². The Balaban J connectivity index is 1.97. The van der Waals surface area contributed by atoms with Crippen molar-refractivity contribution in [2.24, 2.45) is 0 Å². The summed E-state index contributed by atoms with van der Waals surface area (Å²) in [5.41, 5.74) is 2.28. The van der Waals surface area contributed by atoms with Crippen LogP contribution < -0.4 is 10.1 Å². The molecule has 0 amide bonds. The third-order valence-electron chi connectivity index (χ3n) is 2.40. The minimum atomic E-state index is 0.627. The number of anilines is 1. The number of pyridine rings is 2. The fraction of sp³-hybridized carbons (Fsp3) is 0.231. The molecule has 0 aromatic carbocycles. The molecule has 0 aliphatic rings. The maximum Gasteiger partial charge on any atom is 0.212 e. The van der Waals surface area contributed by atoms with Gasteiger partial charge in [-0.2, -0.15) is 0 Å². The van der Waals surface area contributed by atoms with Gasteiger partial charge in [0.25, 0.3) is 0 Å². The Labute approximate surface area is 101 Å². The van der Waals surface area contributed by atoms with Crippen LogP contribution in [0.3, 0.4) is 0 Å². The zero-order chi connectivity index (χ0) is 12.1. The van der Waals surface area contributed by atoms with Crippen LogP contribution in [0.15, 0.2) is 36.7 Å². The van der Waals surface area contributed by atoms with E-state index in [4.69, 9.17) is 4.74 Å². The van der Waals surface area contributed by atoms with Crippen LogP contribution in [-0.4, -0.2) is 17.1 Å². The van der Waals surface area contributed by atoms with Crippen molar-refractivity contribution >= 4 is 5.82 Å². The van der Waals surface area contributed by atoms with Crippen LogP contribution in [0.5, 0.6) is 5.88 Å². The van der Waals surface area contributed by atoms with E-state index < -0.39 is 0 Å². The van der Waals surface area contributed by atoms with Crippen LogP contribution in [0, 0.1) is 6.92 Å². The SMILES string of the molecule is COc1ccc(CNc2cc(C)ccn2)cn1. The number of aromatic nitrogens is 2. The maximum absolute atomic E-state index is 5.00. The smallest absolute Gasteiger partial charge is 0.212 e. The number of hydrogen-bond donors (Lipinski definition) is 1. The van der Waals surface area contributed by atoms with Gasteiger partial charge in [-0.1, -0.05) is 6.07 Å². The fourth-order valence-corrected chi connectivity index (χ4v) is 1.46. The molecule has 2 rings (SSSR count). The summed E-state index contributed by atoms with van der Waals surface area (Å²) in [7, 11) is 1.61. The first-order valence-electron chi connectivity index (χ1n) is 5.43. The summed E-state index contributed by atoms with van der Waals surface area (Å²) >= 11 is 0. The molecule has 0 fully saturated rings. The van der Waals surface area contributed by atoms with Gasteiger partial charge in [-0.3, -0.25) is 0 Å². The molecular formula is C13H15N3O. The summed E-state index contributed by atoms with van der Waals surface area (Å²) in [5.74, 6) is 1.50. The van der Waals surface area contributed by atoms with Crippen LogP contribution in [0.1, 0.15) is 11.1 Å². The topological polar surface area (TPSA) is 47.0 Å². The lowest BCUT2D eigenvalue weighted by Gasteiger charge is -2.06. The fourth-order valence-electron chi connectivity index (χ4n) is 1.46. The van der Waals surface area contributed by atoms with E-state index in [1.807, 2.05) is 31.2 Å². The van der Waals surface area contributed by atoms with Crippen LogP contribution in [-0.2, 0) is 6.54 Å². The molecule has 1 N–H and O–H groups in total. The number of nitrogens with one attached hydrogen (secondary N) is 1. The predicted octanol–water partition coefficient (Wildman–Crippen LogP) is 2.41. The van der Waals surface area contributed by atoms with Crippen molar-refractivity contribution in [3.05, 3.63) is 47.8 Å². The van der Waals surface area contributed by atoms with E-state index in [1.54, 1.807) is 19.5 Å². The van der Waals surface area contributed by atoms with Crippen molar-refractivity contribution in [2.45, 2.75) is 13.5 Å². The lowest BCUT2D eigenvalue weighted by molar-refractivity contribution is 0.397. The van der Waals surface area contributed by atoms with E-state index in [9.17, 15) is 0 Å². The Hall–Kier alpha value is -2.10. The number of rotatable bonds is 4. The van der Waals surface area contributed by atoms with Gasteiger partial charge in [-0.15, -0.1) is 0 Å². The summed E-state index contributed by atoms with van der Waals surface area (Å²) in [5, 5.41) is 3.25. The van der Waals surface area contributed by atoms with Crippen molar-refractivity contribution in [2.75, 3.05) is 12.4 Å². The molecule has 2 aromatic heterocycles. The van der Waals surface area contributed by atoms with Gasteiger partial charge in [0, 0.05) is 25.0 Å².